The third kappa shape index (κ3) is 4.40. The number of fused-ring (bicyclic) bond motifs is 1. The normalized spacial score (nSPS) is 24.3. The Morgan fingerprint density at radius 2 is 2.07 bits per heavy atom. The molecule has 5 nitrogen and oxygen atoms in total. The molecule has 0 spiro atoms. The van der Waals surface area contributed by atoms with Crippen molar-refractivity contribution >= 4 is 34.9 Å². The lowest BCUT2D eigenvalue weighted by atomic mass is 9.78. The number of carbonyl (C=O) groups is 1. The smallest absolute Gasteiger partial charge is 0.352 e. The fourth-order valence-electron chi connectivity index (χ4n) is 3.47. The highest BCUT2D eigenvalue weighted by molar-refractivity contribution is 8.00. The zero-order valence-corrected chi connectivity index (χ0v) is 17.3. The predicted octanol–water partition coefficient (Wildman–Crippen LogP) is 4.82. The molecule has 2 heterocycles. The van der Waals surface area contributed by atoms with Crippen LogP contribution in [0.4, 0.5) is 13.2 Å². The zero-order valence-electron chi connectivity index (χ0n) is 15.8. The van der Waals surface area contributed by atoms with Crippen molar-refractivity contribution in [1.82, 2.24) is 19.9 Å². The average molecular weight is 435 g/mol. The summed E-state index contributed by atoms with van der Waals surface area (Å²) in [7, 11) is 0. The molecule has 1 fully saturated rings. The summed E-state index contributed by atoms with van der Waals surface area (Å²) in [6.07, 6.45) is -0.468. The van der Waals surface area contributed by atoms with E-state index in [1.54, 1.807) is 6.92 Å². The first-order valence-corrected chi connectivity index (χ1v) is 10.4. The van der Waals surface area contributed by atoms with E-state index in [1.165, 1.54) is 4.40 Å². The van der Waals surface area contributed by atoms with Gasteiger partial charge in [0.2, 0.25) is 5.91 Å². The molecule has 4 atom stereocenters. The Hall–Kier alpha value is -1.48. The fraction of sp³-hybridized carbons (Fsp3) is 0.611. The molecule has 0 bridgehead atoms. The molecule has 0 radical (unpaired) electrons. The maximum absolute atomic E-state index is 13.1. The molecule has 1 aliphatic carbocycles. The first kappa shape index (κ1) is 21.2. The summed E-state index contributed by atoms with van der Waals surface area (Å²) in [5.41, 5.74) is -0.770. The van der Waals surface area contributed by atoms with Crippen molar-refractivity contribution in [2.24, 2.45) is 11.8 Å². The number of carbonyl (C=O) groups excluding carboxylic acids is 1. The van der Waals surface area contributed by atoms with Crippen LogP contribution in [0.5, 0.6) is 0 Å². The molecule has 2 aromatic rings. The SMILES string of the molecule is C[C@@H]1[C@@H](C)CCC[C@H]1NC(=O)[C@H](C)Sc1nnc2c(Cl)cc(C(F)(F)F)cn12. The van der Waals surface area contributed by atoms with E-state index in [1.807, 2.05) is 0 Å². The Morgan fingerprint density at radius 1 is 1.36 bits per heavy atom. The highest BCUT2D eigenvalue weighted by Crippen LogP contribution is 2.34. The zero-order chi connectivity index (χ0) is 20.6. The lowest BCUT2D eigenvalue weighted by Gasteiger charge is -2.35. The van der Waals surface area contributed by atoms with Crippen molar-refractivity contribution < 1.29 is 18.0 Å². The van der Waals surface area contributed by atoms with Crippen LogP contribution in [0.25, 0.3) is 5.65 Å². The highest BCUT2D eigenvalue weighted by Gasteiger charge is 2.33. The molecule has 1 saturated carbocycles. The fourth-order valence-corrected chi connectivity index (χ4v) is 4.54. The summed E-state index contributed by atoms with van der Waals surface area (Å²) in [4.78, 5) is 12.6. The maximum atomic E-state index is 13.1. The van der Waals surface area contributed by atoms with E-state index < -0.39 is 17.0 Å². The van der Waals surface area contributed by atoms with Gasteiger partial charge >= 0.3 is 6.18 Å². The summed E-state index contributed by atoms with van der Waals surface area (Å²) in [6, 6.07) is 0.933. The van der Waals surface area contributed by atoms with Gasteiger partial charge in [0.25, 0.3) is 0 Å². The topological polar surface area (TPSA) is 59.3 Å². The van der Waals surface area contributed by atoms with Gasteiger partial charge < -0.3 is 5.32 Å². The Bertz CT molecular complexity index is 872. The minimum absolute atomic E-state index is 0.112. The quantitative estimate of drug-likeness (QED) is 0.700. The van der Waals surface area contributed by atoms with E-state index >= 15 is 0 Å². The lowest BCUT2D eigenvalue weighted by molar-refractivity contribution is -0.137. The molecular formula is C18H22ClF3N4OS. The number of aromatic nitrogens is 3. The van der Waals surface area contributed by atoms with E-state index in [9.17, 15) is 18.0 Å². The van der Waals surface area contributed by atoms with Gasteiger partial charge in [0.15, 0.2) is 10.8 Å². The second-order valence-electron chi connectivity index (χ2n) is 7.39. The van der Waals surface area contributed by atoms with Crippen molar-refractivity contribution in [3.8, 4) is 0 Å². The Balaban J connectivity index is 1.76. The van der Waals surface area contributed by atoms with E-state index in [4.69, 9.17) is 11.6 Å². The number of amides is 1. The van der Waals surface area contributed by atoms with Crippen molar-refractivity contribution in [2.45, 2.75) is 62.7 Å². The molecule has 0 unspecified atom stereocenters. The average Bonchev–Trinajstić information content (AvgIpc) is 3.01. The van der Waals surface area contributed by atoms with E-state index in [-0.39, 0.29) is 27.8 Å². The number of hydrogen-bond donors (Lipinski definition) is 1. The third-order valence-corrected chi connectivity index (χ3v) is 6.78. The van der Waals surface area contributed by atoms with Crippen LogP contribution in [0.3, 0.4) is 0 Å². The van der Waals surface area contributed by atoms with E-state index in [0.717, 1.165) is 43.3 Å². The molecule has 3 rings (SSSR count). The van der Waals surface area contributed by atoms with Gasteiger partial charge in [0, 0.05) is 12.2 Å². The van der Waals surface area contributed by atoms with Crippen LogP contribution >= 0.6 is 23.4 Å². The van der Waals surface area contributed by atoms with Crippen molar-refractivity contribution in [3.05, 3.63) is 22.8 Å². The molecule has 10 heteroatoms. The molecule has 154 valence electrons. The van der Waals surface area contributed by atoms with Gasteiger partial charge in [-0.3, -0.25) is 9.20 Å². The van der Waals surface area contributed by atoms with Crippen LogP contribution < -0.4 is 5.32 Å². The monoisotopic (exact) mass is 434 g/mol. The molecule has 0 saturated heterocycles. The summed E-state index contributed by atoms with van der Waals surface area (Å²) in [6.45, 7) is 6.03. The molecule has 0 aromatic carbocycles. The molecule has 1 aliphatic rings. The summed E-state index contributed by atoms with van der Waals surface area (Å²) in [5, 5.41) is 10.4. The highest BCUT2D eigenvalue weighted by atomic mass is 35.5. The van der Waals surface area contributed by atoms with Gasteiger partial charge in [0.05, 0.1) is 15.8 Å². The predicted molar refractivity (Wildman–Crippen MR) is 102 cm³/mol. The van der Waals surface area contributed by atoms with Crippen LogP contribution in [-0.2, 0) is 11.0 Å². The van der Waals surface area contributed by atoms with Crippen molar-refractivity contribution in [2.75, 3.05) is 0 Å². The molecule has 28 heavy (non-hydrogen) atoms. The first-order valence-electron chi connectivity index (χ1n) is 9.16. The van der Waals surface area contributed by atoms with Crippen molar-refractivity contribution in [1.29, 1.82) is 0 Å². The van der Waals surface area contributed by atoms with E-state index in [0.29, 0.717) is 11.8 Å². The number of nitrogens with one attached hydrogen (secondary N) is 1. The van der Waals surface area contributed by atoms with Crippen molar-refractivity contribution in [3.63, 3.8) is 0 Å². The Morgan fingerprint density at radius 3 is 2.75 bits per heavy atom. The molecule has 1 N–H and O–H groups in total. The minimum atomic E-state index is -4.54. The van der Waals surface area contributed by atoms with Crippen LogP contribution in [0.15, 0.2) is 17.4 Å². The van der Waals surface area contributed by atoms with Gasteiger partial charge in [-0.1, -0.05) is 50.1 Å². The summed E-state index contributed by atoms with van der Waals surface area (Å²) in [5.74, 6) is 0.771. The van der Waals surface area contributed by atoms with Gasteiger partial charge in [-0.25, -0.2) is 0 Å². The minimum Gasteiger partial charge on any atom is -0.352 e. The Labute approximate surface area is 170 Å². The Kier molecular flexibility index (Phi) is 6.14. The lowest BCUT2D eigenvalue weighted by Crippen LogP contribution is -2.46. The van der Waals surface area contributed by atoms with Gasteiger partial charge in [-0.05, 0) is 31.2 Å². The first-order chi connectivity index (χ1) is 13.1. The second kappa shape index (κ2) is 8.10. The number of thioether (sulfide) groups is 1. The third-order valence-electron chi connectivity index (χ3n) is 5.44. The van der Waals surface area contributed by atoms with Crippen LogP contribution in [0, 0.1) is 11.8 Å². The molecule has 1 amide bonds. The number of halogens is 4. The number of nitrogens with zero attached hydrogens (tertiary/aromatic N) is 3. The number of rotatable bonds is 4. The summed E-state index contributed by atoms with van der Waals surface area (Å²) >= 11 is 6.99. The molecule has 2 aromatic heterocycles. The van der Waals surface area contributed by atoms with Crippen LogP contribution in [0.2, 0.25) is 5.02 Å². The number of alkyl halides is 3. The summed E-state index contributed by atoms with van der Waals surface area (Å²) < 4.78 is 40.4. The van der Waals surface area contributed by atoms with Crippen LogP contribution in [-0.4, -0.2) is 31.8 Å². The van der Waals surface area contributed by atoms with Crippen LogP contribution in [0.1, 0.15) is 45.6 Å². The second-order valence-corrected chi connectivity index (χ2v) is 9.11. The molecular weight excluding hydrogens is 413 g/mol. The van der Waals surface area contributed by atoms with Gasteiger partial charge in [-0.15, -0.1) is 10.2 Å². The maximum Gasteiger partial charge on any atom is 0.417 e. The number of pyridine rings is 1. The molecule has 0 aliphatic heterocycles. The largest absolute Gasteiger partial charge is 0.417 e. The number of hydrogen-bond acceptors (Lipinski definition) is 4. The van der Waals surface area contributed by atoms with E-state index in [2.05, 4.69) is 29.4 Å². The van der Waals surface area contributed by atoms with Gasteiger partial charge in [-0.2, -0.15) is 13.2 Å². The standard InChI is InChI=1S/C18H22ClF3N4OS/c1-9-5-4-6-14(10(9)2)23-16(27)11(3)28-17-25-24-15-13(19)7-12(8-26(15)17)18(20,21)22/h7-11,14H,4-6H2,1-3H3,(H,23,27)/t9-,10+,11-,14+/m0/s1. The van der Waals surface area contributed by atoms with Gasteiger partial charge in [0.1, 0.15) is 0 Å².